The Morgan fingerprint density at radius 1 is 1.00 bits per heavy atom. The maximum atomic E-state index is 13.9. The van der Waals surface area contributed by atoms with Crippen molar-refractivity contribution in [3.8, 4) is 0 Å². The van der Waals surface area contributed by atoms with Gasteiger partial charge in [0.1, 0.15) is 11.6 Å². The summed E-state index contributed by atoms with van der Waals surface area (Å²) in [5, 5.41) is 9.82. The van der Waals surface area contributed by atoms with E-state index in [1.807, 2.05) is 11.8 Å². The van der Waals surface area contributed by atoms with Crippen LogP contribution in [0.1, 0.15) is 37.1 Å². The zero-order valence-electron chi connectivity index (χ0n) is 12.3. The lowest BCUT2D eigenvalue weighted by Gasteiger charge is -2.30. The Morgan fingerprint density at radius 3 is 2.29 bits per heavy atom. The van der Waals surface area contributed by atoms with Crippen LogP contribution in [0.5, 0.6) is 0 Å². The van der Waals surface area contributed by atoms with Gasteiger partial charge in [0, 0.05) is 23.9 Å². The van der Waals surface area contributed by atoms with Crippen LogP contribution < -0.4 is 4.90 Å². The molecule has 2 nitrogen and oxygen atoms in total. The van der Waals surface area contributed by atoms with Crippen molar-refractivity contribution in [2.24, 2.45) is 0 Å². The number of halogens is 2. The lowest BCUT2D eigenvalue weighted by Crippen LogP contribution is -2.24. The first kappa shape index (κ1) is 15.4. The zero-order valence-corrected chi connectivity index (χ0v) is 12.3. The van der Waals surface area contributed by atoms with Crippen molar-refractivity contribution in [3.05, 3.63) is 65.2 Å². The van der Waals surface area contributed by atoms with Gasteiger partial charge in [0.2, 0.25) is 0 Å². The van der Waals surface area contributed by atoms with E-state index in [0.717, 1.165) is 0 Å². The van der Waals surface area contributed by atoms with Crippen molar-refractivity contribution in [3.63, 3.8) is 0 Å². The number of rotatable bonds is 4. The number of hydrogen-bond donors (Lipinski definition) is 1. The van der Waals surface area contributed by atoms with Crippen molar-refractivity contribution >= 4 is 5.69 Å². The quantitative estimate of drug-likeness (QED) is 0.912. The first-order valence-electron chi connectivity index (χ1n) is 6.86. The molecule has 2 rings (SSSR count). The Balaban J connectivity index is 2.40. The first-order chi connectivity index (χ1) is 9.91. The molecule has 112 valence electrons. The average molecular weight is 291 g/mol. The molecule has 2 aromatic carbocycles. The van der Waals surface area contributed by atoms with Crippen molar-refractivity contribution in [2.45, 2.75) is 26.0 Å². The van der Waals surface area contributed by atoms with Crippen LogP contribution in [0.2, 0.25) is 0 Å². The van der Waals surface area contributed by atoms with Crippen LogP contribution >= 0.6 is 0 Å². The van der Waals surface area contributed by atoms with Gasteiger partial charge in [0.05, 0.1) is 12.1 Å². The predicted octanol–water partition coefficient (Wildman–Crippen LogP) is 4.22. The summed E-state index contributed by atoms with van der Waals surface area (Å²) >= 11 is 0. The maximum absolute atomic E-state index is 13.9. The standard InChI is InChI=1S/C17H19F2NO/c1-11(14-6-4-5-7-16(14)19)20(3)17-9-8-13(18)10-15(17)12(2)21/h4-12,21H,1-3H3/t11?,12-/m1/s1. The van der Waals surface area contributed by atoms with E-state index in [2.05, 4.69) is 0 Å². The molecule has 0 amide bonds. The highest BCUT2D eigenvalue weighted by molar-refractivity contribution is 5.55. The molecule has 0 saturated heterocycles. The van der Waals surface area contributed by atoms with Crippen molar-refractivity contribution in [1.29, 1.82) is 0 Å². The van der Waals surface area contributed by atoms with E-state index < -0.39 is 11.9 Å². The summed E-state index contributed by atoms with van der Waals surface area (Å²) in [6.45, 7) is 3.45. The molecule has 0 aromatic heterocycles. The highest BCUT2D eigenvalue weighted by Crippen LogP contribution is 2.32. The summed E-state index contributed by atoms with van der Waals surface area (Å²) in [7, 11) is 1.80. The fourth-order valence-corrected chi connectivity index (χ4v) is 2.41. The van der Waals surface area contributed by atoms with Crippen LogP contribution in [0, 0.1) is 11.6 Å². The number of aliphatic hydroxyl groups is 1. The molecule has 1 N–H and O–H groups in total. The largest absolute Gasteiger partial charge is 0.389 e. The minimum absolute atomic E-state index is 0.242. The van der Waals surface area contributed by atoms with E-state index >= 15 is 0 Å². The van der Waals surface area contributed by atoms with Crippen molar-refractivity contribution in [1.82, 2.24) is 0 Å². The smallest absolute Gasteiger partial charge is 0.128 e. The van der Waals surface area contributed by atoms with Crippen LogP contribution in [0.4, 0.5) is 14.5 Å². The molecule has 0 saturated carbocycles. The van der Waals surface area contributed by atoms with Gasteiger partial charge >= 0.3 is 0 Å². The van der Waals surface area contributed by atoms with E-state index in [-0.39, 0.29) is 11.9 Å². The molecule has 21 heavy (non-hydrogen) atoms. The Morgan fingerprint density at radius 2 is 1.67 bits per heavy atom. The minimum atomic E-state index is -0.800. The molecule has 0 fully saturated rings. The predicted molar refractivity (Wildman–Crippen MR) is 80.3 cm³/mol. The molecular weight excluding hydrogens is 272 g/mol. The third-order valence-electron chi connectivity index (χ3n) is 3.76. The Hall–Kier alpha value is -1.94. The maximum Gasteiger partial charge on any atom is 0.128 e. The van der Waals surface area contributed by atoms with Gasteiger partial charge in [0.15, 0.2) is 0 Å². The number of benzene rings is 2. The van der Waals surface area contributed by atoms with E-state index in [4.69, 9.17) is 0 Å². The number of aliphatic hydroxyl groups excluding tert-OH is 1. The summed E-state index contributed by atoms with van der Waals surface area (Å²) in [5.41, 5.74) is 1.73. The fourth-order valence-electron chi connectivity index (χ4n) is 2.41. The second kappa shape index (κ2) is 6.22. The Bertz CT molecular complexity index is 628. The van der Waals surface area contributed by atoms with Crippen LogP contribution in [0.25, 0.3) is 0 Å². The third kappa shape index (κ3) is 3.22. The monoisotopic (exact) mass is 291 g/mol. The summed E-state index contributed by atoms with van der Waals surface area (Å²) in [6.07, 6.45) is -0.800. The highest BCUT2D eigenvalue weighted by Gasteiger charge is 2.20. The molecule has 4 heteroatoms. The van der Waals surface area contributed by atoms with Gasteiger partial charge in [0.25, 0.3) is 0 Å². The summed E-state index contributed by atoms with van der Waals surface area (Å²) in [4.78, 5) is 1.83. The van der Waals surface area contributed by atoms with Gasteiger partial charge < -0.3 is 10.0 Å². The normalized spacial score (nSPS) is 13.8. The number of hydrogen-bond acceptors (Lipinski definition) is 2. The molecule has 0 aliphatic rings. The first-order valence-corrected chi connectivity index (χ1v) is 6.86. The van der Waals surface area contributed by atoms with Crippen molar-refractivity contribution < 1.29 is 13.9 Å². The molecule has 0 aliphatic heterocycles. The van der Waals surface area contributed by atoms with Gasteiger partial charge in [-0.05, 0) is 38.1 Å². The minimum Gasteiger partial charge on any atom is -0.389 e. The molecular formula is C17H19F2NO. The summed E-state index contributed by atoms with van der Waals surface area (Å²) < 4.78 is 27.3. The second-order valence-corrected chi connectivity index (χ2v) is 5.19. The van der Waals surface area contributed by atoms with E-state index in [1.165, 1.54) is 18.2 Å². The zero-order chi connectivity index (χ0) is 15.6. The SMILES string of the molecule is CC(c1ccccc1F)N(C)c1ccc(F)cc1[C@@H](C)O. The van der Waals surface area contributed by atoms with Gasteiger partial charge in [-0.2, -0.15) is 0 Å². The Labute approximate surface area is 123 Å². The highest BCUT2D eigenvalue weighted by atomic mass is 19.1. The number of nitrogens with zero attached hydrogens (tertiary/aromatic N) is 1. The molecule has 0 aliphatic carbocycles. The molecule has 0 bridgehead atoms. The van der Waals surface area contributed by atoms with Crippen LogP contribution in [0.3, 0.4) is 0 Å². The van der Waals surface area contributed by atoms with Crippen LogP contribution in [-0.2, 0) is 0 Å². The van der Waals surface area contributed by atoms with Gasteiger partial charge in [-0.1, -0.05) is 18.2 Å². The van der Waals surface area contributed by atoms with Crippen LogP contribution in [0.15, 0.2) is 42.5 Å². The molecule has 2 aromatic rings. The molecule has 0 spiro atoms. The fraction of sp³-hybridized carbons (Fsp3) is 0.294. The van der Waals surface area contributed by atoms with E-state index in [1.54, 1.807) is 38.2 Å². The molecule has 2 atom stereocenters. The molecule has 0 heterocycles. The molecule has 1 unspecified atom stereocenters. The summed E-state index contributed by atoms with van der Waals surface area (Å²) in [6, 6.07) is 10.6. The number of anilines is 1. The van der Waals surface area contributed by atoms with Crippen molar-refractivity contribution in [2.75, 3.05) is 11.9 Å². The van der Waals surface area contributed by atoms with Gasteiger partial charge in [-0.25, -0.2) is 8.78 Å². The lowest BCUT2D eigenvalue weighted by atomic mass is 10.0. The lowest BCUT2D eigenvalue weighted by molar-refractivity contribution is 0.199. The summed E-state index contributed by atoms with van der Waals surface area (Å²) in [5.74, 6) is -0.681. The molecule has 0 radical (unpaired) electrons. The third-order valence-corrected chi connectivity index (χ3v) is 3.76. The average Bonchev–Trinajstić information content (AvgIpc) is 2.46. The Kier molecular flexibility index (Phi) is 4.58. The van der Waals surface area contributed by atoms with E-state index in [9.17, 15) is 13.9 Å². The van der Waals surface area contributed by atoms with Gasteiger partial charge in [-0.15, -0.1) is 0 Å². The topological polar surface area (TPSA) is 23.5 Å². The van der Waals surface area contributed by atoms with E-state index in [0.29, 0.717) is 16.8 Å². The second-order valence-electron chi connectivity index (χ2n) is 5.19. The van der Waals surface area contributed by atoms with Crippen LogP contribution in [-0.4, -0.2) is 12.2 Å². The van der Waals surface area contributed by atoms with Gasteiger partial charge in [-0.3, -0.25) is 0 Å².